The molecular weight excluding hydrogens is 174 g/mol. The van der Waals surface area contributed by atoms with Crippen molar-refractivity contribution in [3.8, 4) is 0 Å². The molecule has 0 aromatic rings. The van der Waals surface area contributed by atoms with Gasteiger partial charge in [0.15, 0.2) is 0 Å². The van der Waals surface area contributed by atoms with E-state index in [2.05, 4.69) is 13.8 Å². The van der Waals surface area contributed by atoms with Gasteiger partial charge in [0.25, 0.3) is 0 Å². The SMILES string of the molecule is CCCCC/C(CCC)=C(/C)C(N)=O. The summed E-state index contributed by atoms with van der Waals surface area (Å²) in [4.78, 5) is 11.0. The molecule has 2 heteroatoms. The highest BCUT2D eigenvalue weighted by molar-refractivity contribution is 5.92. The van der Waals surface area contributed by atoms with Gasteiger partial charge in [0.05, 0.1) is 0 Å². The fourth-order valence-electron chi connectivity index (χ4n) is 1.56. The van der Waals surface area contributed by atoms with E-state index in [0.29, 0.717) is 0 Å². The second-order valence-corrected chi connectivity index (χ2v) is 3.80. The second-order valence-electron chi connectivity index (χ2n) is 3.80. The van der Waals surface area contributed by atoms with Crippen LogP contribution in [-0.2, 0) is 4.79 Å². The van der Waals surface area contributed by atoms with Crippen LogP contribution in [0.25, 0.3) is 0 Å². The standard InChI is InChI=1S/C12H23NO/c1-4-6-7-9-11(8-5-2)10(3)12(13)14/h4-9H2,1-3H3,(H2,13,14)/b11-10-. The molecule has 0 atom stereocenters. The van der Waals surface area contributed by atoms with Gasteiger partial charge in [-0.25, -0.2) is 0 Å². The monoisotopic (exact) mass is 197 g/mol. The van der Waals surface area contributed by atoms with Crippen LogP contribution in [0.2, 0.25) is 0 Å². The first-order chi connectivity index (χ1) is 6.63. The maximum atomic E-state index is 11.0. The van der Waals surface area contributed by atoms with Gasteiger partial charge < -0.3 is 5.73 Å². The molecule has 2 nitrogen and oxygen atoms in total. The first-order valence-corrected chi connectivity index (χ1v) is 5.61. The lowest BCUT2D eigenvalue weighted by atomic mass is 9.98. The first-order valence-electron chi connectivity index (χ1n) is 5.61. The Hall–Kier alpha value is -0.790. The van der Waals surface area contributed by atoms with E-state index in [9.17, 15) is 4.79 Å². The summed E-state index contributed by atoms with van der Waals surface area (Å²) >= 11 is 0. The summed E-state index contributed by atoms with van der Waals surface area (Å²) < 4.78 is 0. The minimum atomic E-state index is -0.259. The maximum absolute atomic E-state index is 11.0. The van der Waals surface area contributed by atoms with E-state index in [1.165, 1.54) is 24.8 Å². The largest absolute Gasteiger partial charge is 0.366 e. The summed E-state index contributed by atoms with van der Waals surface area (Å²) in [6.45, 7) is 6.16. The fraction of sp³-hybridized carbons (Fsp3) is 0.750. The molecule has 14 heavy (non-hydrogen) atoms. The van der Waals surface area contributed by atoms with Gasteiger partial charge >= 0.3 is 0 Å². The topological polar surface area (TPSA) is 43.1 Å². The van der Waals surface area contributed by atoms with Crippen LogP contribution >= 0.6 is 0 Å². The molecular formula is C12H23NO. The van der Waals surface area contributed by atoms with Crippen LogP contribution in [0.3, 0.4) is 0 Å². The fourth-order valence-corrected chi connectivity index (χ4v) is 1.56. The Kier molecular flexibility index (Phi) is 7.17. The smallest absolute Gasteiger partial charge is 0.244 e. The Morgan fingerprint density at radius 3 is 2.14 bits per heavy atom. The van der Waals surface area contributed by atoms with Crippen molar-refractivity contribution in [1.29, 1.82) is 0 Å². The molecule has 0 unspecified atom stereocenters. The van der Waals surface area contributed by atoms with Crippen LogP contribution in [0, 0.1) is 0 Å². The molecule has 0 heterocycles. The van der Waals surface area contributed by atoms with Gasteiger partial charge in [0, 0.05) is 5.57 Å². The Morgan fingerprint density at radius 2 is 1.71 bits per heavy atom. The number of hydrogen-bond donors (Lipinski definition) is 1. The summed E-state index contributed by atoms with van der Waals surface area (Å²) in [5, 5.41) is 0. The Bertz CT molecular complexity index is 206. The van der Waals surface area contributed by atoms with E-state index in [1.807, 2.05) is 6.92 Å². The molecule has 0 bridgehead atoms. The molecule has 0 aliphatic carbocycles. The maximum Gasteiger partial charge on any atom is 0.244 e. The third kappa shape index (κ3) is 5.05. The number of amides is 1. The van der Waals surface area contributed by atoms with Crippen LogP contribution in [-0.4, -0.2) is 5.91 Å². The lowest BCUT2D eigenvalue weighted by Gasteiger charge is -2.08. The van der Waals surface area contributed by atoms with Crippen molar-refractivity contribution in [2.75, 3.05) is 0 Å². The van der Waals surface area contributed by atoms with E-state index in [-0.39, 0.29) is 5.91 Å². The number of carbonyl (C=O) groups is 1. The van der Waals surface area contributed by atoms with Crippen LogP contribution in [0.1, 0.15) is 59.3 Å². The molecule has 0 fully saturated rings. The highest BCUT2D eigenvalue weighted by Gasteiger charge is 2.06. The van der Waals surface area contributed by atoms with Crippen molar-refractivity contribution in [2.45, 2.75) is 59.3 Å². The number of allylic oxidation sites excluding steroid dienone is 1. The van der Waals surface area contributed by atoms with Crippen LogP contribution in [0.15, 0.2) is 11.1 Å². The molecule has 0 aromatic carbocycles. The van der Waals surface area contributed by atoms with Crippen molar-refractivity contribution in [2.24, 2.45) is 5.73 Å². The summed E-state index contributed by atoms with van der Waals surface area (Å²) in [6, 6.07) is 0. The molecule has 0 rings (SSSR count). The van der Waals surface area contributed by atoms with Gasteiger partial charge in [-0.1, -0.05) is 38.7 Å². The lowest BCUT2D eigenvalue weighted by Crippen LogP contribution is -2.13. The molecule has 82 valence electrons. The quantitative estimate of drug-likeness (QED) is 0.494. The minimum absolute atomic E-state index is 0.259. The number of rotatable bonds is 7. The molecule has 0 saturated carbocycles. The lowest BCUT2D eigenvalue weighted by molar-refractivity contribution is -0.114. The Morgan fingerprint density at radius 1 is 1.07 bits per heavy atom. The molecule has 0 radical (unpaired) electrons. The van der Waals surface area contributed by atoms with Crippen molar-refractivity contribution in [3.63, 3.8) is 0 Å². The molecule has 0 aromatic heterocycles. The van der Waals surface area contributed by atoms with Gasteiger partial charge in [-0.05, 0) is 26.2 Å². The molecule has 0 spiro atoms. The van der Waals surface area contributed by atoms with Gasteiger partial charge in [-0.3, -0.25) is 4.79 Å². The molecule has 0 saturated heterocycles. The van der Waals surface area contributed by atoms with Crippen molar-refractivity contribution >= 4 is 5.91 Å². The molecule has 0 aliphatic rings. The van der Waals surface area contributed by atoms with E-state index in [4.69, 9.17) is 5.73 Å². The summed E-state index contributed by atoms with van der Waals surface area (Å²) in [5.74, 6) is -0.259. The number of unbranched alkanes of at least 4 members (excludes halogenated alkanes) is 2. The number of primary amides is 1. The second kappa shape index (κ2) is 7.60. The minimum Gasteiger partial charge on any atom is -0.366 e. The predicted octanol–water partition coefficient (Wildman–Crippen LogP) is 3.17. The van der Waals surface area contributed by atoms with E-state index in [1.54, 1.807) is 0 Å². The Balaban J connectivity index is 4.27. The van der Waals surface area contributed by atoms with Gasteiger partial charge in [-0.2, -0.15) is 0 Å². The van der Waals surface area contributed by atoms with Crippen LogP contribution in [0.5, 0.6) is 0 Å². The van der Waals surface area contributed by atoms with Crippen LogP contribution in [0.4, 0.5) is 0 Å². The highest BCUT2D eigenvalue weighted by Crippen LogP contribution is 2.18. The zero-order chi connectivity index (χ0) is 11.0. The molecule has 2 N–H and O–H groups in total. The predicted molar refractivity (Wildman–Crippen MR) is 60.9 cm³/mol. The number of carbonyl (C=O) groups excluding carboxylic acids is 1. The molecule has 1 amide bonds. The summed E-state index contributed by atoms with van der Waals surface area (Å²) in [6.07, 6.45) is 6.77. The van der Waals surface area contributed by atoms with Gasteiger partial charge in [0.1, 0.15) is 0 Å². The van der Waals surface area contributed by atoms with E-state index in [0.717, 1.165) is 24.8 Å². The average Bonchev–Trinajstić information content (AvgIpc) is 2.15. The van der Waals surface area contributed by atoms with Crippen molar-refractivity contribution in [1.82, 2.24) is 0 Å². The average molecular weight is 197 g/mol. The third-order valence-corrected chi connectivity index (χ3v) is 2.53. The zero-order valence-electron chi connectivity index (χ0n) is 9.73. The first kappa shape index (κ1) is 13.2. The highest BCUT2D eigenvalue weighted by atomic mass is 16.1. The van der Waals surface area contributed by atoms with E-state index < -0.39 is 0 Å². The van der Waals surface area contributed by atoms with E-state index >= 15 is 0 Å². The zero-order valence-corrected chi connectivity index (χ0v) is 9.73. The summed E-state index contributed by atoms with van der Waals surface area (Å²) in [7, 11) is 0. The number of nitrogens with two attached hydrogens (primary N) is 1. The van der Waals surface area contributed by atoms with Gasteiger partial charge in [0.2, 0.25) is 5.91 Å². The van der Waals surface area contributed by atoms with Gasteiger partial charge in [-0.15, -0.1) is 0 Å². The van der Waals surface area contributed by atoms with Crippen LogP contribution < -0.4 is 5.73 Å². The van der Waals surface area contributed by atoms with Crippen molar-refractivity contribution in [3.05, 3.63) is 11.1 Å². The third-order valence-electron chi connectivity index (χ3n) is 2.53. The Labute approximate surface area is 87.6 Å². The normalized spacial score (nSPS) is 12.5. The molecule has 0 aliphatic heterocycles. The number of hydrogen-bond acceptors (Lipinski definition) is 1. The van der Waals surface area contributed by atoms with Crippen molar-refractivity contribution < 1.29 is 4.79 Å². The summed E-state index contributed by atoms with van der Waals surface area (Å²) in [5.41, 5.74) is 7.31.